The molecule has 0 aromatic heterocycles. The van der Waals surface area contributed by atoms with Gasteiger partial charge in [0, 0.05) is 3.57 Å². The molecule has 0 heterocycles. The minimum atomic E-state index is -0.917. The molecule has 1 atom stereocenters. The Hall–Kier alpha value is -0.780. The summed E-state index contributed by atoms with van der Waals surface area (Å²) in [6.07, 6.45) is 0.561. The van der Waals surface area contributed by atoms with Crippen molar-refractivity contribution in [2.75, 3.05) is 7.11 Å². The molecular weight excluding hydrogens is 319 g/mol. The summed E-state index contributed by atoms with van der Waals surface area (Å²) in [5.41, 5.74) is -0.917. The van der Waals surface area contributed by atoms with E-state index in [9.17, 15) is 4.79 Å². The van der Waals surface area contributed by atoms with Gasteiger partial charge in [-0.3, -0.25) is 0 Å². The van der Waals surface area contributed by atoms with Gasteiger partial charge in [-0.1, -0.05) is 13.0 Å². The molecule has 0 radical (unpaired) electrons. The van der Waals surface area contributed by atoms with Gasteiger partial charge in [-0.05, 0) is 54.1 Å². The number of carbonyl (C=O) groups excluding carboxylic acids is 1. The smallest absolute Gasteiger partial charge is 0.349 e. The Bertz CT molecular complexity index is 378. The van der Waals surface area contributed by atoms with Crippen molar-refractivity contribution in [2.45, 2.75) is 25.9 Å². The van der Waals surface area contributed by atoms with E-state index in [4.69, 9.17) is 9.47 Å². The van der Waals surface area contributed by atoms with Crippen molar-refractivity contribution in [1.82, 2.24) is 0 Å². The molecule has 1 rings (SSSR count). The maximum absolute atomic E-state index is 11.6. The molecule has 0 aliphatic heterocycles. The lowest BCUT2D eigenvalue weighted by Crippen LogP contribution is -2.41. The van der Waals surface area contributed by atoms with Crippen LogP contribution >= 0.6 is 22.6 Å². The number of methoxy groups -OCH3 is 1. The second-order valence-electron chi connectivity index (χ2n) is 3.64. The molecule has 0 spiro atoms. The molecule has 1 unspecified atom stereocenters. The van der Waals surface area contributed by atoms with Crippen LogP contribution in [0.15, 0.2) is 24.3 Å². The van der Waals surface area contributed by atoms with Gasteiger partial charge in [-0.25, -0.2) is 4.79 Å². The zero-order chi connectivity index (χ0) is 12.2. The van der Waals surface area contributed by atoms with Crippen molar-refractivity contribution < 1.29 is 14.3 Å². The van der Waals surface area contributed by atoms with Crippen LogP contribution in [0, 0.1) is 3.57 Å². The van der Waals surface area contributed by atoms with Crippen LogP contribution in [0.25, 0.3) is 0 Å². The lowest BCUT2D eigenvalue weighted by atomic mass is 10.0. The third-order valence-corrected chi connectivity index (χ3v) is 3.10. The molecule has 0 aliphatic rings. The number of esters is 1. The Labute approximate surface area is 109 Å². The molecule has 0 amide bonds. The molecule has 0 N–H and O–H groups in total. The predicted octanol–water partition coefficient (Wildman–Crippen LogP) is 3.01. The first-order chi connectivity index (χ1) is 7.51. The number of hydrogen-bond donors (Lipinski definition) is 0. The highest BCUT2D eigenvalue weighted by Gasteiger charge is 2.34. The Morgan fingerprint density at radius 1 is 1.50 bits per heavy atom. The van der Waals surface area contributed by atoms with Gasteiger partial charge in [0.15, 0.2) is 0 Å². The minimum Gasteiger partial charge on any atom is -0.476 e. The van der Waals surface area contributed by atoms with Crippen LogP contribution in [0.2, 0.25) is 0 Å². The van der Waals surface area contributed by atoms with E-state index in [0.29, 0.717) is 12.2 Å². The average molecular weight is 334 g/mol. The summed E-state index contributed by atoms with van der Waals surface area (Å²) in [4.78, 5) is 11.6. The molecule has 0 bridgehead atoms. The van der Waals surface area contributed by atoms with Crippen LogP contribution in [0.1, 0.15) is 20.3 Å². The van der Waals surface area contributed by atoms with Gasteiger partial charge in [0.05, 0.1) is 7.11 Å². The van der Waals surface area contributed by atoms with Gasteiger partial charge in [0.25, 0.3) is 0 Å². The fraction of sp³-hybridized carbons (Fsp3) is 0.417. The first kappa shape index (κ1) is 13.3. The Morgan fingerprint density at radius 2 is 2.19 bits per heavy atom. The van der Waals surface area contributed by atoms with E-state index in [0.717, 1.165) is 3.57 Å². The van der Waals surface area contributed by atoms with Crippen molar-refractivity contribution in [2.24, 2.45) is 0 Å². The fourth-order valence-electron chi connectivity index (χ4n) is 1.26. The molecule has 0 aliphatic carbocycles. The molecule has 88 valence electrons. The molecule has 0 fully saturated rings. The third-order valence-electron chi connectivity index (χ3n) is 2.43. The standard InChI is InChI=1S/C12H15IO3/c1-4-12(2,11(14)15-3)16-10-7-5-6-9(13)8-10/h5-8H,4H2,1-3H3. The van der Waals surface area contributed by atoms with E-state index >= 15 is 0 Å². The van der Waals surface area contributed by atoms with Crippen LogP contribution in [-0.2, 0) is 9.53 Å². The quantitative estimate of drug-likeness (QED) is 0.627. The first-order valence-electron chi connectivity index (χ1n) is 5.05. The number of hydrogen-bond acceptors (Lipinski definition) is 3. The Morgan fingerprint density at radius 3 is 2.69 bits per heavy atom. The second kappa shape index (κ2) is 5.52. The lowest BCUT2D eigenvalue weighted by Gasteiger charge is -2.26. The summed E-state index contributed by atoms with van der Waals surface area (Å²) in [6, 6.07) is 7.58. The largest absolute Gasteiger partial charge is 0.476 e. The predicted molar refractivity (Wildman–Crippen MR) is 70.5 cm³/mol. The lowest BCUT2D eigenvalue weighted by molar-refractivity contribution is -0.157. The Balaban J connectivity index is 2.89. The fourth-order valence-corrected chi connectivity index (χ4v) is 1.78. The summed E-state index contributed by atoms with van der Waals surface area (Å²) in [7, 11) is 1.37. The number of rotatable bonds is 4. The van der Waals surface area contributed by atoms with E-state index < -0.39 is 5.60 Å². The van der Waals surface area contributed by atoms with Crippen LogP contribution < -0.4 is 4.74 Å². The SMILES string of the molecule is CCC(C)(Oc1cccc(I)c1)C(=O)OC. The van der Waals surface area contributed by atoms with Crippen LogP contribution in [-0.4, -0.2) is 18.7 Å². The minimum absolute atomic E-state index is 0.353. The van der Waals surface area contributed by atoms with Crippen molar-refractivity contribution in [3.63, 3.8) is 0 Å². The van der Waals surface area contributed by atoms with Crippen molar-refractivity contribution in [1.29, 1.82) is 0 Å². The average Bonchev–Trinajstić information content (AvgIpc) is 2.27. The highest BCUT2D eigenvalue weighted by atomic mass is 127. The van der Waals surface area contributed by atoms with Gasteiger partial charge in [0.1, 0.15) is 5.75 Å². The van der Waals surface area contributed by atoms with Crippen molar-refractivity contribution in [3.05, 3.63) is 27.8 Å². The second-order valence-corrected chi connectivity index (χ2v) is 4.88. The summed E-state index contributed by atoms with van der Waals surface area (Å²) in [5.74, 6) is 0.329. The summed E-state index contributed by atoms with van der Waals surface area (Å²) >= 11 is 2.20. The van der Waals surface area contributed by atoms with Crippen molar-refractivity contribution >= 4 is 28.6 Å². The van der Waals surface area contributed by atoms with Crippen LogP contribution in [0.5, 0.6) is 5.75 Å². The van der Waals surface area contributed by atoms with E-state index in [2.05, 4.69) is 22.6 Å². The summed E-state index contributed by atoms with van der Waals surface area (Å²) in [6.45, 7) is 3.63. The molecular formula is C12H15IO3. The topological polar surface area (TPSA) is 35.5 Å². The molecule has 4 heteroatoms. The maximum Gasteiger partial charge on any atom is 0.349 e. The Kier molecular flexibility index (Phi) is 4.58. The number of ether oxygens (including phenoxy) is 2. The molecule has 0 saturated heterocycles. The first-order valence-corrected chi connectivity index (χ1v) is 6.12. The van der Waals surface area contributed by atoms with Gasteiger partial charge < -0.3 is 9.47 Å². The van der Waals surface area contributed by atoms with E-state index in [1.165, 1.54) is 7.11 Å². The third kappa shape index (κ3) is 3.10. The van der Waals surface area contributed by atoms with Gasteiger partial charge in [-0.15, -0.1) is 0 Å². The van der Waals surface area contributed by atoms with Gasteiger partial charge in [0.2, 0.25) is 5.60 Å². The van der Waals surface area contributed by atoms with E-state index in [-0.39, 0.29) is 5.97 Å². The van der Waals surface area contributed by atoms with Crippen molar-refractivity contribution in [3.8, 4) is 5.75 Å². The maximum atomic E-state index is 11.6. The normalized spacial score (nSPS) is 14.0. The zero-order valence-corrected chi connectivity index (χ0v) is 11.8. The zero-order valence-electron chi connectivity index (χ0n) is 9.62. The van der Waals surface area contributed by atoms with E-state index in [1.54, 1.807) is 6.92 Å². The molecule has 1 aromatic rings. The van der Waals surface area contributed by atoms with Crippen LogP contribution in [0.3, 0.4) is 0 Å². The summed E-state index contributed by atoms with van der Waals surface area (Å²) < 4.78 is 11.5. The number of halogens is 1. The number of carbonyl (C=O) groups is 1. The highest BCUT2D eigenvalue weighted by Crippen LogP contribution is 2.23. The number of benzene rings is 1. The molecule has 0 saturated carbocycles. The van der Waals surface area contributed by atoms with Gasteiger partial charge >= 0.3 is 5.97 Å². The molecule has 16 heavy (non-hydrogen) atoms. The monoisotopic (exact) mass is 334 g/mol. The van der Waals surface area contributed by atoms with E-state index in [1.807, 2.05) is 31.2 Å². The van der Waals surface area contributed by atoms with Gasteiger partial charge in [-0.2, -0.15) is 0 Å². The molecule has 3 nitrogen and oxygen atoms in total. The molecule has 1 aromatic carbocycles. The van der Waals surface area contributed by atoms with Crippen LogP contribution in [0.4, 0.5) is 0 Å². The summed E-state index contributed by atoms with van der Waals surface area (Å²) in [5, 5.41) is 0. The highest BCUT2D eigenvalue weighted by molar-refractivity contribution is 14.1.